The number of hydrogen-bond acceptors (Lipinski definition) is 4. The first-order chi connectivity index (χ1) is 8.70. The minimum absolute atomic E-state index is 0.0910. The second-order valence-corrected chi connectivity index (χ2v) is 4.79. The van der Waals surface area contributed by atoms with Crippen molar-refractivity contribution in [1.82, 2.24) is 15.2 Å². The molecular weight excluding hydrogens is 228 g/mol. The van der Waals surface area contributed by atoms with Crippen LogP contribution in [0.2, 0.25) is 0 Å². The maximum Gasteiger partial charge on any atom is 0.237 e. The summed E-state index contributed by atoms with van der Waals surface area (Å²) in [6.07, 6.45) is 4.26. The quantitative estimate of drug-likeness (QED) is 0.794. The Morgan fingerprint density at radius 2 is 2.22 bits per heavy atom. The maximum atomic E-state index is 12.0. The molecule has 18 heavy (non-hydrogen) atoms. The summed E-state index contributed by atoms with van der Waals surface area (Å²) in [6.45, 7) is 4.18. The van der Waals surface area contributed by atoms with E-state index in [1.165, 1.54) is 5.56 Å². The highest BCUT2D eigenvalue weighted by Gasteiger charge is 2.31. The van der Waals surface area contributed by atoms with Gasteiger partial charge in [0.15, 0.2) is 0 Å². The lowest BCUT2D eigenvalue weighted by Gasteiger charge is -2.38. The van der Waals surface area contributed by atoms with Crippen LogP contribution >= 0.6 is 0 Å². The third kappa shape index (κ3) is 3.05. The Bertz CT molecular complexity index is 395. The Hall–Kier alpha value is -1.46. The summed E-state index contributed by atoms with van der Waals surface area (Å²) in [5.74, 6) is 0.0910. The van der Waals surface area contributed by atoms with Crippen LogP contribution in [0.15, 0.2) is 24.5 Å². The number of nitrogens with two attached hydrogens (primary N) is 1. The number of carbonyl (C=O) groups excluding carboxylic acids is 1. The van der Waals surface area contributed by atoms with E-state index in [9.17, 15) is 4.79 Å². The zero-order valence-electron chi connectivity index (χ0n) is 10.7. The molecule has 1 aromatic heterocycles. The van der Waals surface area contributed by atoms with Crippen molar-refractivity contribution >= 4 is 5.91 Å². The fraction of sp³-hybridized carbons (Fsp3) is 0.538. The van der Waals surface area contributed by atoms with Crippen LogP contribution in [0.25, 0.3) is 0 Å². The number of amides is 1. The summed E-state index contributed by atoms with van der Waals surface area (Å²) in [7, 11) is 0. The molecule has 0 spiro atoms. The van der Waals surface area contributed by atoms with Crippen molar-refractivity contribution in [2.75, 3.05) is 13.1 Å². The molecule has 1 aliphatic rings. The van der Waals surface area contributed by atoms with Crippen LogP contribution in [0.1, 0.15) is 18.9 Å². The topological polar surface area (TPSA) is 71.2 Å². The second kappa shape index (κ2) is 5.93. The SMILES string of the molecule is CC1CN(Cc2ccncc2)C(CCN)C(=O)N1. The summed E-state index contributed by atoms with van der Waals surface area (Å²) < 4.78 is 0. The van der Waals surface area contributed by atoms with E-state index in [2.05, 4.69) is 15.2 Å². The van der Waals surface area contributed by atoms with E-state index in [0.717, 1.165) is 13.1 Å². The molecule has 1 fully saturated rings. The lowest BCUT2D eigenvalue weighted by molar-refractivity contribution is -0.131. The Morgan fingerprint density at radius 1 is 1.50 bits per heavy atom. The largest absolute Gasteiger partial charge is 0.351 e. The molecule has 0 radical (unpaired) electrons. The van der Waals surface area contributed by atoms with Gasteiger partial charge in [-0.05, 0) is 37.6 Å². The molecule has 0 saturated carbocycles. The van der Waals surface area contributed by atoms with Crippen molar-refractivity contribution in [1.29, 1.82) is 0 Å². The van der Waals surface area contributed by atoms with Gasteiger partial charge in [-0.15, -0.1) is 0 Å². The molecular formula is C13H20N4O. The molecule has 5 heteroatoms. The number of nitrogens with one attached hydrogen (secondary N) is 1. The van der Waals surface area contributed by atoms with Crippen molar-refractivity contribution in [3.05, 3.63) is 30.1 Å². The van der Waals surface area contributed by atoms with Gasteiger partial charge < -0.3 is 11.1 Å². The fourth-order valence-corrected chi connectivity index (χ4v) is 2.40. The van der Waals surface area contributed by atoms with Crippen molar-refractivity contribution in [2.45, 2.75) is 32.0 Å². The van der Waals surface area contributed by atoms with Gasteiger partial charge in [0.05, 0.1) is 6.04 Å². The monoisotopic (exact) mass is 248 g/mol. The van der Waals surface area contributed by atoms with Gasteiger partial charge in [0.2, 0.25) is 5.91 Å². The standard InChI is InChI=1S/C13H20N4O/c1-10-8-17(9-11-3-6-15-7-4-11)12(2-5-14)13(18)16-10/h3-4,6-7,10,12H,2,5,8-9,14H2,1H3,(H,16,18). The maximum absolute atomic E-state index is 12.0. The number of carbonyl (C=O) groups is 1. The average molecular weight is 248 g/mol. The molecule has 2 heterocycles. The second-order valence-electron chi connectivity index (χ2n) is 4.79. The van der Waals surface area contributed by atoms with E-state index in [1.54, 1.807) is 12.4 Å². The van der Waals surface area contributed by atoms with E-state index in [1.807, 2.05) is 19.1 Å². The van der Waals surface area contributed by atoms with Gasteiger partial charge in [0.25, 0.3) is 0 Å². The van der Waals surface area contributed by atoms with E-state index in [0.29, 0.717) is 13.0 Å². The van der Waals surface area contributed by atoms with Crippen molar-refractivity contribution < 1.29 is 4.79 Å². The van der Waals surface area contributed by atoms with E-state index >= 15 is 0 Å². The molecule has 1 aromatic rings. The Balaban J connectivity index is 2.09. The van der Waals surface area contributed by atoms with Gasteiger partial charge >= 0.3 is 0 Å². The summed E-state index contributed by atoms with van der Waals surface area (Å²) in [4.78, 5) is 18.2. The van der Waals surface area contributed by atoms with Gasteiger partial charge in [-0.1, -0.05) is 0 Å². The van der Waals surface area contributed by atoms with Gasteiger partial charge in [0, 0.05) is 31.5 Å². The lowest BCUT2D eigenvalue weighted by atomic mass is 10.0. The smallest absolute Gasteiger partial charge is 0.237 e. The van der Waals surface area contributed by atoms with Crippen LogP contribution < -0.4 is 11.1 Å². The Morgan fingerprint density at radius 3 is 2.89 bits per heavy atom. The number of hydrogen-bond donors (Lipinski definition) is 2. The molecule has 98 valence electrons. The van der Waals surface area contributed by atoms with Gasteiger partial charge in [-0.25, -0.2) is 0 Å². The Labute approximate surface area is 107 Å². The third-order valence-corrected chi connectivity index (χ3v) is 3.22. The highest BCUT2D eigenvalue weighted by Crippen LogP contribution is 2.15. The van der Waals surface area contributed by atoms with E-state index < -0.39 is 0 Å². The number of nitrogens with zero attached hydrogens (tertiary/aromatic N) is 2. The minimum atomic E-state index is -0.112. The van der Waals surface area contributed by atoms with Crippen LogP contribution in [-0.2, 0) is 11.3 Å². The molecule has 1 saturated heterocycles. The van der Waals surface area contributed by atoms with Gasteiger partial charge in [-0.3, -0.25) is 14.7 Å². The van der Waals surface area contributed by atoms with E-state index in [4.69, 9.17) is 5.73 Å². The molecule has 0 aromatic carbocycles. The fourth-order valence-electron chi connectivity index (χ4n) is 2.40. The lowest BCUT2D eigenvalue weighted by Crippen LogP contribution is -2.59. The Kier molecular flexibility index (Phi) is 4.28. The van der Waals surface area contributed by atoms with Crippen LogP contribution in [0.4, 0.5) is 0 Å². The molecule has 2 unspecified atom stereocenters. The summed E-state index contributed by atoms with van der Waals surface area (Å²) in [5, 5.41) is 2.98. The number of pyridine rings is 1. The highest BCUT2D eigenvalue weighted by molar-refractivity contribution is 5.82. The molecule has 3 N–H and O–H groups in total. The van der Waals surface area contributed by atoms with Crippen LogP contribution in [-0.4, -0.2) is 41.0 Å². The molecule has 5 nitrogen and oxygen atoms in total. The average Bonchev–Trinajstić information content (AvgIpc) is 2.35. The van der Waals surface area contributed by atoms with Crippen molar-refractivity contribution in [2.24, 2.45) is 5.73 Å². The molecule has 1 aliphatic heterocycles. The number of aromatic nitrogens is 1. The molecule has 1 amide bonds. The van der Waals surface area contributed by atoms with E-state index in [-0.39, 0.29) is 18.0 Å². The van der Waals surface area contributed by atoms with Crippen molar-refractivity contribution in [3.63, 3.8) is 0 Å². The summed E-state index contributed by atoms with van der Waals surface area (Å²) in [5.41, 5.74) is 6.77. The van der Waals surface area contributed by atoms with Crippen LogP contribution in [0, 0.1) is 0 Å². The molecule has 2 rings (SSSR count). The van der Waals surface area contributed by atoms with Gasteiger partial charge in [0.1, 0.15) is 0 Å². The number of piperazine rings is 1. The van der Waals surface area contributed by atoms with Crippen LogP contribution in [0.5, 0.6) is 0 Å². The van der Waals surface area contributed by atoms with Gasteiger partial charge in [-0.2, -0.15) is 0 Å². The predicted molar refractivity (Wildman–Crippen MR) is 69.7 cm³/mol. The van der Waals surface area contributed by atoms with Crippen LogP contribution in [0.3, 0.4) is 0 Å². The first-order valence-corrected chi connectivity index (χ1v) is 6.34. The number of rotatable bonds is 4. The molecule has 2 atom stereocenters. The zero-order valence-corrected chi connectivity index (χ0v) is 10.7. The summed E-state index contributed by atoms with van der Waals surface area (Å²) >= 11 is 0. The highest BCUT2D eigenvalue weighted by atomic mass is 16.2. The molecule has 0 bridgehead atoms. The minimum Gasteiger partial charge on any atom is -0.351 e. The van der Waals surface area contributed by atoms with Crippen molar-refractivity contribution in [3.8, 4) is 0 Å². The first kappa shape index (κ1) is 13.0. The first-order valence-electron chi connectivity index (χ1n) is 6.34. The zero-order chi connectivity index (χ0) is 13.0. The molecule has 0 aliphatic carbocycles. The summed E-state index contributed by atoms with van der Waals surface area (Å²) in [6, 6.07) is 4.04. The predicted octanol–water partition coefficient (Wildman–Crippen LogP) is 0.119. The normalized spacial score (nSPS) is 24.9. The third-order valence-electron chi connectivity index (χ3n) is 3.22.